The summed E-state index contributed by atoms with van der Waals surface area (Å²) in [6.45, 7) is 0. The van der Waals surface area contributed by atoms with Gasteiger partial charge in [-0.2, -0.15) is 0 Å². The molecule has 4 heterocycles. The van der Waals surface area contributed by atoms with Crippen LogP contribution in [0, 0.1) is 0 Å². The van der Waals surface area contributed by atoms with Crippen LogP contribution in [0.2, 0.25) is 0 Å². The molecule has 0 aliphatic rings. The Bertz CT molecular complexity index is 4180. The number of thiophene rings is 1. The fourth-order valence-corrected chi connectivity index (χ4v) is 12.0. The average molecular weight is 832 g/mol. The summed E-state index contributed by atoms with van der Waals surface area (Å²) < 4.78 is 9.98. The highest BCUT2D eigenvalue weighted by atomic mass is 32.1. The maximum atomic E-state index is 2.52. The Morgan fingerprint density at radius 3 is 1.42 bits per heavy atom. The Labute approximate surface area is 372 Å². The summed E-state index contributed by atoms with van der Waals surface area (Å²) in [6.07, 6.45) is 0. The Hall–Kier alpha value is -8.18. The number of hydrogen-bond donors (Lipinski definition) is 0. The van der Waals surface area contributed by atoms with Gasteiger partial charge < -0.3 is 13.7 Å². The van der Waals surface area contributed by atoms with Gasteiger partial charge in [0.05, 0.1) is 33.1 Å². The van der Waals surface area contributed by atoms with E-state index in [-0.39, 0.29) is 0 Å². The van der Waals surface area contributed by atoms with Crippen molar-refractivity contribution in [2.45, 2.75) is 0 Å². The largest absolute Gasteiger partial charge is 0.309 e. The van der Waals surface area contributed by atoms with Crippen LogP contribution < -0.4 is 0 Å². The molecule has 0 amide bonds. The summed E-state index contributed by atoms with van der Waals surface area (Å²) in [7, 11) is 0. The molecule has 0 spiro atoms. The van der Waals surface area contributed by atoms with E-state index >= 15 is 0 Å². The summed E-state index contributed by atoms with van der Waals surface area (Å²) in [5.41, 5.74) is 15.5. The maximum Gasteiger partial charge on any atom is 0.0619 e. The first-order valence-electron chi connectivity index (χ1n) is 21.9. The van der Waals surface area contributed by atoms with E-state index in [4.69, 9.17) is 0 Å². The highest BCUT2D eigenvalue weighted by Crippen LogP contribution is 2.48. The van der Waals surface area contributed by atoms with Gasteiger partial charge in [0.15, 0.2) is 0 Å². The minimum absolute atomic E-state index is 1.13. The van der Waals surface area contributed by atoms with Crippen molar-refractivity contribution in [3.05, 3.63) is 224 Å². The lowest BCUT2D eigenvalue weighted by Crippen LogP contribution is -1.98. The molecule has 3 nitrogen and oxygen atoms in total. The molecule has 64 heavy (non-hydrogen) atoms. The molecule has 298 valence electrons. The average Bonchev–Trinajstić information content (AvgIpc) is 4.10. The minimum Gasteiger partial charge on any atom is -0.309 e. The van der Waals surface area contributed by atoms with Crippen LogP contribution in [-0.4, -0.2) is 13.7 Å². The molecular formula is C60H37N3S. The summed E-state index contributed by atoms with van der Waals surface area (Å²) >= 11 is 1.90. The molecule has 0 unspecified atom stereocenters. The van der Waals surface area contributed by atoms with Crippen molar-refractivity contribution in [2.75, 3.05) is 0 Å². The first-order chi connectivity index (χ1) is 31.8. The molecule has 14 rings (SSSR count). The third kappa shape index (κ3) is 5.03. The lowest BCUT2D eigenvalue weighted by molar-refractivity contribution is 1.16. The predicted molar refractivity (Wildman–Crippen MR) is 273 cm³/mol. The number of fused-ring (bicyclic) bond motifs is 12. The minimum atomic E-state index is 1.13. The lowest BCUT2D eigenvalue weighted by atomic mass is 9.90. The molecule has 0 saturated carbocycles. The van der Waals surface area contributed by atoms with Crippen molar-refractivity contribution in [3.63, 3.8) is 0 Å². The first-order valence-corrected chi connectivity index (χ1v) is 22.7. The molecule has 0 radical (unpaired) electrons. The van der Waals surface area contributed by atoms with Crippen LogP contribution in [0.3, 0.4) is 0 Å². The number of nitrogens with zero attached hydrogens (tertiary/aromatic N) is 3. The van der Waals surface area contributed by atoms with Crippen molar-refractivity contribution in [3.8, 4) is 39.3 Å². The molecule has 0 aliphatic heterocycles. The Balaban J connectivity index is 1.12. The summed E-state index contributed by atoms with van der Waals surface area (Å²) in [5.74, 6) is 0. The van der Waals surface area contributed by atoms with Crippen molar-refractivity contribution >= 4 is 96.9 Å². The Morgan fingerprint density at radius 1 is 0.250 bits per heavy atom. The van der Waals surface area contributed by atoms with Gasteiger partial charge in [0.2, 0.25) is 0 Å². The molecule has 10 aromatic carbocycles. The van der Waals surface area contributed by atoms with Crippen LogP contribution >= 0.6 is 11.3 Å². The second-order valence-corrected chi connectivity index (χ2v) is 17.9. The zero-order valence-corrected chi connectivity index (χ0v) is 35.4. The fraction of sp³-hybridized carbons (Fsp3) is 0. The quantitative estimate of drug-likeness (QED) is 0.164. The van der Waals surface area contributed by atoms with Crippen molar-refractivity contribution < 1.29 is 0 Å². The van der Waals surface area contributed by atoms with Gasteiger partial charge in [-0.05, 0) is 90.0 Å². The SMILES string of the molecule is c1ccc(-n2c3ccccc3c3cc(-n4c5ccccc5c5cccc(-c6cc7c(cc6-c6cccc8c6sc6ccccc68)c6ccccc6n7-c6ccccc6)c54)ccc32)cc1. The van der Waals surface area contributed by atoms with Gasteiger partial charge in [-0.3, -0.25) is 0 Å². The maximum absolute atomic E-state index is 2.52. The first kappa shape index (κ1) is 35.4. The standard InChI is InChI=1S/C60H37N3S/c1-3-17-38(18-4-1)61-53-29-11-8-22-42(53)51-35-40(33-34-56(51)61)63-55-31-13-7-21-41(55)45-25-15-26-46(59(45)63)50-37-57-52(43-23-9-12-30-54(43)62(57)39-19-5-2-6-20-39)36-49(50)48-28-16-27-47-44-24-10-14-32-58(44)64-60(47)48/h1-37H. The van der Waals surface area contributed by atoms with Gasteiger partial charge in [0.1, 0.15) is 0 Å². The van der Waals surface area contributed by atoms with E-state index in [1.54, 1.807) is 0 Å². The zero-order chi connectivity index (χ0) is 41.9. The van der Waals surface area contributed by atoms with Gasteiger partial charge >= 0.3 is 0 Å². The van der Waals surface area contributed by atoms with Crippen LogP contribution in [0.1, 0.15) is 0 Å². The van der Waals surface area contributed by atoms with E-state index in [1.165, 1.54) is 108 Å². The number of aromatic nitrogens is 3. The summed E-state index contributed by atoms with van der Waals surface area (Å²) in [5, 5.41) is 10.0. The molecule has 14 aromatic rings. The van der Waals surface area contributed by atoms with Gasteiger partial charge in [-0.1, -0.05) is 146 Å². The van der Waals surface area contributed by atoms with E-state index < -0.39 is 0 Å². The normalized spacial score (nSPS) is 12.1. The van der Waals surface area contributed by atoms with Crippen LogP contribution in [0.15, 0.2) is 224 Å². The van der Waals surface area contributed by atoms with E-state index in [9.17, 15) is 0 Å². The summed E-state index contributed by atoms with van der Waals surface area (Å²) in [6, 6.07) is 82.8. The van der Waals surface area contributed by atoms with E-state index in [0.717, 1.165) is 17.1 Å². The molecule has 0 N–H and O–H groups in total. The second-order valence-electron chi connectivity index (χ2n) is 16.8. The smallest absolute Gasteiger partial charge is 0.0619 e. The monoisotopic (exact) mass is 831 g/mol. The van der Waals surface area contributed by atoms with Crippen LogP contribution in [0.4, 0.5) is 0 Å². The Kier molecular flexibility index (Phi) is 7.56. The fourth-order valence-electron chi connectivity index (χ4n) is 10.7. The predicted octanol–water partition coefficient (Wildman–Crippen LogP) is 16.7. The molecule has 0 bridgehead atoms. The third-order valence-corrected chi connectivity index (χ3v) is 14.7. The highest BCUT2D eigenvalue weighted by molar-refractivity contribution is 7.26. The van der Waals surface area contributed by atoms with Crippen molar-refractivity contribution in [2.24, 2.45) is 0 Å². The van der Waals surface area contributed by atoms with Gasteiger partial charge in [-0.25, -0.2) is 0 Å². The zero-order valence-electron chi connectivity index (χ0n) is 34.6. The van der Waals surface area contributed by atoms with Gasteiger partial charge in [0.25, 0.3) is 0 Å². The molecule has 0 atom stereocenters. The van der Waals surface area contributed by atoms with E-state index in [2.05, 4.69) is 238 Å². The number of benzene rings is 10. The number of rotatable bonds is 5. The lowest BCUT2D eigenvalue weighted by Gasteiger charge is -2.17. The van der Waals surface area contributed by atoms with Crippen molar-refractivity contribution in [1.82, 2.24) is 13.7 Å². The molecule has 4 heteroatoms. The van der Waals surface area contributed by atoms with E-state index in [1.807, 2.05) is 11.3 Å². The molecular weight excluding hydrogens is 795 g/mol. The van der Waals surface area contributed by atoms with Crippen LogP contribution in [-0.2, 0) is 0 Å². The van der Waals surface area contributed by atoms with Gasteiger partial charge in [0, 0.05) is 80.7 Å². The van der Waals surface area contributed by atoms with Crippen molar-refractivity contribution in [1.29, 1.82) is 0 Å². The molecule has 4 aromatic heterocycles. The second kappa shape index (κ2) is 13.7. The Morgan fingerprint density at radius 2 is 0.734 bits per heavy atom. The van der Waals surface area contributed by atoms with E-state index in [0.29, 0.717) is 0 Å². The van der Waals surface area contributed by atoms with Crippen LogP contribution in [0.5, 0.6) is 0 Å². The third-order valence-electron chi connectivity index (χ3n) is 13.4. The molecule has 0 aliphatic carbocycles. The van der Waals surface area contributed by atoms with Crippen LogP contribution in [0.25, 0.3) is 125 Å². The molecule has 0 fully saturated rings. The summed E-state index contributed by atoms with van der Waals surface area (Å²) in [4.78, 5) is 0. The number of hydrogen-bond acceptors (Lipinski definition) is 1. The number of para-hydroxylation sites is 6. The van der Waals surface area contributed by atoms with Gasteiger partial charge in [-0.15, -0.1) is 11.3 Å². The highest BCUT2D eigenvalue weighted by Gasteiger charge is 2.24. The topological polar surface area (TPSA) is 14.8 Å². The molecule has 0 saturated heterocycles.